The van der Waals surface area contributed by atoms with Gasteiger partial charge < -0.3 is 21.3 Å². The second-order valence-electron chi connectivity index (χ2n) is 7.96. The first-order valence-corrected chi connectivity index (χ1v) is 10.5. The number of carbonyl (C=O) groups is 1. The second-order valence-corrected chi connectivity index (χ2v) is 7.96. The minimum atomic E-state index is -0.374. The van der Waals surface area contributed by atoms with Gasteiger partial charge in [0.05, 0.1) is 5.57 Å². The molecule has 2 fully saturated rings. The van der Waals surface area contributed by atoms with E-state index < -0.39 is 0 Å². The highest BCUT2D eigenvalue weighted by Gasteiger charge is 2.33. The Hall–Kier alpha value is -2.27. The van der Waals surface area contributed by atoms with E-state index in [1.165, 1.54) is 18.4 Å². The summed E-state index contributed by atoms with van der Waals surface area (Å²) in [5.41, 5.74) is 9.70. The van der Waals surface area contributed by atoms with Crippen LogP contribution in [-0.4, -0.2) is 43.5 Å². The molecule has 3 rings (SSSR count). The number of carbonyl (C=O) groups excluding carboxylic acids is 1. The number of aryl methyl sites for hydroxylation is 1. The summed E-state index contributed by atoms with van der Waals surface area (Å²) < 4.78 is 0. The number of rotatable bonds is 5. The molecule has 2 aliphatic heterocycles. The van der Waals surface area contributed by atoms with E-state index in [0.717, 1.165) is 49.4 Å². The summed E-state index contributed by atoms with van der Waals surface area (Å²) in [5, 5.41) is 6.94. The molecule has 5 nitrogen and oxygen atoms in total. The molecule has 4 N–H and O–H groups in total. The Morgan fingerprint density at radius 1 is 1.18 bits per heavy atom. The largest absolute Gasteiger partial charge is 0.371 e. The smallest absolute Gasteiger partial charge is 0.252 e. The van der Waals surface area contributed by atoms with Gasteiger partial charge in [0.2, 0.25) is 0 Å². The summed E-state index contributed by atoms with van der Waals surface area (Å²) in [7, 11) is 2.11. The Morgan fingerprint density at radius 3 is 2.46 bits per heavy atom. The first-order chi connectivity index (χ1) is 13.5. The highest BCUT2D eigenvalue weighted by molar-refractivity contribution is 6.08. The number of hydrogen-bond donors (Lipinski definition) is 3. The number of amides is 1. The van der Waals surface area contributed by atoms with E-state index in [-0.39, 0.29) is 5.91 Å². The van der Waals surface area contributed by atoms with Gasteiger partial charge in [0.15, 0.2) is 0 Å². The predicted octanol–water partition coefficient (Wildman–Crippen LogP) is 2.78. The monoisotopic (exact) mass is 382 g/mol. The van der Waals surface area contributed by atoms with Gasteiger partial charge in [0.25, 0.3) is 5.91 Å². The lowest BCUT2D eigenvalue weighted by Crippen LogP contribution is -2.51. The maximum atomic E-state index is 12.6. The molecule has 0 bridgehead atoms. The molecule has 1 amide bonds. The van der Waals surface area contributed by atoms with Crippen molar-refractivity contribution >= 4 is 11.5 Å². The Balaban J connectivity index is 2.01. The van der Waals surface area contributed by atoms with Crippen LogP contribution in [0.1, 0.15) is 43.7 Å². The lowest BCUT2D eigenvalue weighted by molar-refractivity contribution is -0.114. The molecule has 2 heterocycles. The average Bonchev–Trinajstić information content (AvgIpc) is 2.70. The lowest BCUT2D eigenvalue weighted by atomic mass is 9.85. The van der Waals surface area contributed by atoms with Crippen LogP contribution in [0.5, 0.6) is 0 Å². The summed E-state index contributed by atoms with van der Waals surface area (Å²) in [6.45, 7) is 7.19. The molecule has 0 aliphatic carbocycles. The predicted molar refractivity (Wildman–Crippen MR) is 115 cm³/mol. The van der Waals surface area contributed by atoms with Crippen LogP contribution in [0.2, 0.25) is 0 Å². The number of allylic oxidation sites excluding steroid dienone is 1. The summed E-state index contributed by atoms with van der Waals surface area (Å²) in [6.07, 6.45) is 6.41. The molecule has 5 heteroatoms. The van der Waals surface area contributed by atoms with Crippen molar-refractivity contribution in [3.05, 3.63) is 52.9 Å². The fraction of sp³-hybridized carbons (Fsp3) is 0.522. The van der Waals surface area contributed by atoms with E-state index >= 15 is 0 Å². The van der Waals surface area contributed by atoms with Crippen molar-refractivity contribution in [3.63, 3.8) is 0 Å². The number of piperidine rings is 1. The number of nitrogens with one attached hydrogen (secondary N) is 2. The van der Waals surface area contributed by atoms with Crippen LogP contribution in [-0.2, 0) is 4.79 Å². The quantitative estimate of drug-likeness (QED) is 0.685. The summed E-state index contributed by atoms with van der Waals surface area (Å²) >= 11 is 0. The number of nitrogens with two attached hydrogens (primary N) is 1. The van der Waals surface area contributed by atoms with Crippen LogP contribution >= 0.6 is 0 Å². The van der Waals surface area contributed by atoms with Crippen LogP contribution in [0, 0.1) is 12.8 Å². The van der Waals surface area contributed by atoms with Crippen molar-refractivity contribution < 1.29 is 4.79 Å². The zero-order chi connectivity index (χ0) is 20.1. The average molecular weight is 383 g/mol. The Bertz CT molecular complexity index is 744. The molecule has 2 aliphatic rings. The van der Waals surface area contributed by atoms with Crippen molar-refractivity contribution in [1.82, 2.24) is 15.5 Å². The molecule has 152 valence electrons. The van der Waals surface area contributed by atoms with Gasteiger partial charge in [-0.2, -0.15) is 0 Å². The number of benzene rings is 1. The minimum absolute atomic E-state index is 0.374. The van der Waals surface area contributed by atoms with Crippen LogP contribution in [0.15, 0.2) is 41.7 Å². The highest BCUT2D eigenvalue weighted by atomic mass is 16.1. The molecule has 0 saturated carbocycles. The van der Waals surface area contributed by atoms with Crippen LogP contribution < -0.4 is 16.4 Å². The van der Waals surface area contributed by atoms with Crippen molar-refractivity contribution in [2.45, 2.75) is 45.6 Å². The zero-order valence-electron chi connectivity index (χ0n) is 17.4. The normalized spacial score (nSPS) is 23.3. The molecule has 1 unspecified atom stereocenters. The van der Waals surface area contributed by atoms with Crippen LogP contribution in [0.3, 0.4) is 0 Å². The topological polar surface area (TPSA) is 70.4 Å². The molecule has 2 saturated heterocycles. The van der Waals surface area contributed by atoms with Crippen molar-refractivity contribution in [3.8, 4) is 0 Å². The molecule has 1 aromatic rings. The van der Waals surface area contributed by atoms with E-state index in [1.807, 2.05) is 0 Å². The van der Waals surface area contributed by atoms with E-state index in [2.05, 4.69) is 66.8 Å². The molecule has 28 heavy (non-hydrogen) atoms. The molecular formula is C23H34N4O. The van der Waals surface area contributed by atoms with E-state index in [1.54, 1.807) is 0 Å². The Labute approximate surface area is 169 Å². The van der Waals surface area contributed by atoms with E-state index in [9.17, 15) is 4.79 Å². The van der Waals surface area contributed by atoms with Crippen LogP contribution in [0.25, 0.3) is 5.57 Å². The summed E-state index contributed by atoms with van der Waals surface area (Å²) in [4.78, 5) is 14.9. The minimum Gasteiger partial charge on any atom is -0.371 e. The van der Waals surface area contributed by atoms with Crippen molar-refractivity contribution in [1.29, 1.82) is 0 Å². The summed E-state index contributed by atoms with van der Waals surface area (Å²) in [5.74, 6) is 1.15. The van der Waals surface area contributed by atoms with Gasteiger partial charge in [0, 0.05) is 19.6 Å². The van der Waals surface area contributed by atoms with Gasteiger partial charge >= 0.3 is 0 Å². The van der Waals surface area contributed by atoms with Crippen LogP contribution in [0.4, 0.5) is 0 Å². The number of primary amides is 1. The molecule has 0 aromatic heterocycles. The Morgan fingerprint density at radius 2 is 1.86 bits per heavy atom. The lowest BCUT2D eigenvalue weighted by Gasteiger charge is -2.43. The third-order valence-electron chi connectivity index (χ3n) is 6.03. The SMILES string of the molecule is CC/C=C(/C(C(N)=O)=C1/NCCC(C2CCNCC2)N1C)c1ccc(C)cc1. The summed E-state index contributed by atoms with van der Waals surface area (Å²) in [6, 6.07) is 8.75. The van der Waals surface area contributed by atoms with Gasteiger partial charge in [-0.15, -0.1) is 0 Å². The molecule has 0 spiro atoms. The van der Waals surface area contributed by atoms with Crippen molar-refractivity contribution in [2.24, 2.45) is 11.7 Å². The van der Waals surface area contributed by atoms with E-state index in [0.29, 0.717) is 17.5 Å². The van der Waals surface area contributed by atoms with Gasteiger partial charge in [-0.1, -0.05) is 42.8 Å². The van der Waals surface area contributed by atoms with Gasteiger partial charge in [-0.25, -0.2) is 0 Å². The Kier molecular flexibility index (Phi) is 6.79. The molecule has 1 aromatic carbocycles. The standard InChI is InChI=1S/C23H34N4O/c1-4-5-19(17-8-6-16(2)7-9-17)21(22(24)28)23-26-15-12-20(27(23)3)18-10-13-25-14-11-18/h5-9,18,20,25-26H,4,10-15H2,1-3H3,(H2,24,28)/b19-5+,23-21+. The first-order valence-electron chi connectivity index (χ1n) is 10.5. The number of nitrogens with zero attached hydrogens (tertiary/aromatic N) is 1. The van der Waals surface area contributed by atoms with Gasteiger partial charge in [-0.05, 0) is 62.8 Å². The van der Waals surface area contributed by atoms with Gasteiger partial charge in [-0.3, -0.25) is 4.79 Å². The van der Waals surface area contributed by atoms with E-state index in [4.69, 9.17) is 5.73 Å². The number of hydrogen-bond acceptors (Lipinski definition) is 4. The third-order valence-corrected chi connectivity index (χ3v) is 6.03. The first kappa shape index (κ1) is 20.5. The van der Waals surface area contributed by atoms with Gasteiger partial charge in [0.1, 0.15) is 5.82 Å². The molecule has 0 radical (unpaired) electrons. The fourth-order valence-corrected chi connectivity index (χ4v) is 4.55. The van der Waals surface area contributed by atoms with Crippen molar-refractivity contribution in [2.75, 3.05) is 26.7 Å². The third kappa shape index (κ3) is 4.41. The maximum Gasteiger partial charge on any atom is 0.252 e. The molecular weight excluding hydrogens is 348 g/mol. The fourth-order valence-electron chi connectivity index (χ4n) is 4.55. The zero-order valence-corrected chi connectivity index (χ0v) is 17.4. The molecule has 1 atom stereocenters. The highest BCUT2D eigenvalue weighted by Crippen LogP contribution is 2.32. The second kappa shape index (κ2) is 9.28. The maximum absolute atomic E-state index is 12.6.